The summed E-state index contributed by atoms with van der Waals surface area (Å²) in [7, 11) is 17.2. The van der Waals surface area contributed by atoms with E-state index in [0.29, 0.717) is 0 Å². The Labute approximate surface area is 77.4 Å². The molecule has 0 aromatic rings. The zero-order valence-electron chi connectivity index (χ0n) is 5.96. The van der Waals surface area contributed by atoms with Crippen LogP contribution in [0, 0.1) is 0 Å². The molecule has 0 bridgehead atoms. The number of hydrogen-bond acceptors (Lipinski definition) is 1. The monoisotopic (exact) mass is 311 g/mol. The van der Waals surface area contributed by atoms with Gasteiger partial charge in [0.15, 0.2) is 0 Å². The van der Waals surface area contributed by atoms with Crippen molar-refractivity contribution in [3.8, 4) is 0 Å². The molecule has 0 spiro atoms. The van der Waals surface area contributed by atoms with Crippen molar-refractivity contribution >= 4 is 41.8 Å². The van der Waals surface area contributed by atoms with Gasteiger partial charge in [-0.15, -0.1) is 0 Å². The van der Waals surface area contributed by atoms with E-state index in [1.165, 1.54) is 0 Å². The fourth-order valence-corrected chi connectivity index (χ4v) is 4.93. The van der Waals surface area contributed by atoms with Gasteiger partial charge in [0.05, 0.1) is 0 Å². The standard InChI is InChI=1S/C5H12N.3ClH.Sn/c1-3-5-6-4-2;;;;/h6H,1,3-5H2,2H3;3*1H;/q;;;;+3/p-3. The van der Waals surface area contributed by atoms with E-state index in [1.54, 1.807) is 0 Å². The van der Waals surface area contributed by atoms with Gasteiger partial charge in [0.25, 0.3) is 0 Å². The zero-order valence-corrected chi connectivity index (χ0v) is 11.1. The van der Waals surface area contributed by atoms with Crippen LogP contribution >= 0.6 is 26.8 Å². The summed E-state index contributed by atoms with van der Waals surface area (Å²) in [5.41, 5.74) is 0. The van der Waals surface area contributed by atoms with Crippen LogP contribution in [0.2, 0.25) is 4.44 Å². The van der Waals surface area contributed by atoms with Gasteiger partial charge in [0.1, 0.15) is 0 Å². The molecule has 1 N–H and O–H groups in total. The van der Waals surface area contributed by atoms with Crippen molar-refractivity contribution in [1.82, 2.24) is 5.32 Å². The molecule has 62 valence electrons. The Bertz CT molecular complexity index is 83.5. The minimum absolute atomic E-state index is 0.826. The molecule has 10 heavy (non-hydrogen) atoms. The van der Waals surface area contributed by atoms with Gasteiger partial charge in [-0.2, -0.15) is 0 Å². The molecule has 0 rings (SSSR count). The molecule has 1 nitrogen and oxygen atoms in total. The second kappa shape index (κ2) is 6.18. The average molecular weight is 311 g/mol. The van der Waals surface area contributed by atoms with Crippen molar-refractivity contribution in [2.75, 3.05) is 13.1 Å². The van der Waals surface area contributed by atoms with E-state index in [0.717, 1.165) is 23.9 Å². The molecule has 0 aliphatic rings. The van der Waals surface area contributed by atoms with Gasteiger partial charge in [-0.05, 0) is 0 Å². The van der Waals surface area contributed by atoms with Crippen LogP contribution in [0.25, 0.3) is 0 Å². The third-order valence-corrected chi connectivity index (χ3v) is 7.49. The second-order valence-corrected chi connectivity index (χ2v) is 23.9. The molecule has 0 radical (unpaired) electrons. The van der Waals surface area contributed by atoms with E-state index in [4.69, 9.17) is 26.8 Å². The van der Waals surface area contributed by atoms with E-state index in [9.17, 15) is 0 Å². The van der Waals surface area contributed by atoms with Crippen molar-refractivity contribution in [2.24, 2.45) is 0 Å². The van der Waals surface area contributed by atoms with Crippen molar-refractivity contribution in [3.05, 3.63) is 0 Å². The average Bonchev–Trinajstić information content (AvgIpc) is 1.78. The fraction of sp³-hybridized carbons (Fsp3) is 1.00. The van der Waals surface area contributed by atoms with Crippen LogP contribution in [-0.4, -0.2) is 28.1 Å². The molecular formula is C5H12Cl3NSn. The Morgan fingerprint density at radius 3 is 2.30 bits per heavy atom. The Morgan fingerprint density at radius 2 is 1.90 bits per heavy atom. The van der Waals surface area contributed by atoms with E-state index >= 15 is 0 Å². The van der Waals surface area contributed by atoms with Crippen LogP contribution in [0.15, 0.2) is 0 Å². The molecule has 0 aromatic heterocycles. The predicted octanol–water partition coefficient (Wildman–Crippen LogP) is 2.64. The van der Waals surface area contributed by atoms with Gasteiger partial charge < -0.3 is 0 Å². The maximum absolute atomic E-state index is 5.73. The van der Waals surface area contributed by atoms with Crippen LogP contribution in [-0.2, 0) is 0 Å². The summed E-state index contributed by atoms with van der Waals surface area (Å²) >= 11 is -2.97. The molecule has 5 heteroatoms. The summed E-state index contributed by atoms with van der Waals surface area (Å²) in [4.78, 5) is 0. The Morgan fingerprint density at radius 1 is 1.30 bits per heavy atom. The Kier molecular flexibility index (Phi) is 7.19. The molecule has 0 aliphatic carbocycles. The van der Waals surface area contributed by atoms with Crippen LogP contribution in [0.5, 0.6) is 0 Å². The molecule has 0 atom stereocenters. The van der Waals surface area contributed by atoms with Gasteiger partial charge in [0, 0.05) is 0 Å². The zero-order chi connectivity index (χ0) is 8.04. The molecule has 0 fully saturated rings. The van der Waals surface area contributed by atoms with Crippen molar-refractivity contribution < 1.29 is 0 Å². The quantitative estimate of drug-likeness (QED) is 0.608. The number of hydrogen-bond donors (Lipinski definition) is 1. The van der Waals surface area contributed by atoms with Crippen molar-refractivity contribution in [1.29, 1.82) is 0 Å². The summed E-state index contributed by atoms with van der Waals surface area (Å²) in [6, 6.07) is 0. The molecule has 0 heterocycles. The van der Waals surface area contributed by atoms with E-state index in [-0.39, 0.29) is 0 Å². The first-order chi connectivity index (χ1) is 4.56. The van der Waals surface area contributed by atoms with Crippen LogP contribution < -0.4 is 5.32 Å². The number of rotatable bonds is 5. The van der Waals surface area contributed by atoms with Crippen molar-refractivity contribution in [3.63, 3.8) is 0 Å². The number of halogens is 3. The summed E-state index contributed by atoms with van der Waals surface area (Å²) in [6.45, 7) is 4.04. The van der Waals surface area contributed by atoms with Gasteiger partial charge in [0.2, 0.25) is 0 Å². The van der Waals surface area contributed by atoms with Gasteiger partial charge >= 0.3 is 77.9 Å². The molecule has 0 aliphatic heterocycles. The van der Waals surface area contributed by atoms with Crippen LogP contribution in [0.4, 0.5) is 0 Å². The fourth-order valence-electron chi connectivity index (χ4n) is 0.591. The van der Waals surface area contributed by atoms with Crippen molar-refractivity contribution in [2.45, 2.75) is 17.8 Å². The van der Waals surface area contributed by atoms with Gasteiger partial charge in [-0.25, -0.2) is 0 Å². The molecule has 0 saturated heterocycles. The molecule has 0 unspecified atom stereocenters. The third kappa shape index (κ3) is 9.63. The summed E-state index contributed by atoms with van der Waals surface area (Å²) in [5, 5.41) is 3.18. The second-order valence-electron chi connectivity index (χ2n) is 2.07. The summed E-state index contributed by atoms with van der Waals surface area (Å²) < 4.78 is 0.826. The topological polar surface area (TPSA) is 12.0 Å². The van der Waals surface area contributed by atoms with E-state index < -0.39 is 15.0 Å². The normalized spacial score (nSPS) is 12.0. The van der Waals surface area contributed by atoms with Gasteiger partial charge in [-0.3, -0.25) is 0 Å². The van der Waals surface area contributed by atoms with E-state index in [2.05, 4.69) is 12.2 Å². The Hall–Kier alpha value is 1.63. The van der Waals surface area contributed by atoms with E-state index in [1.807, 2.05) is 0 Å². The van der Waals surface area contributed by atoms with Gasteiger partial charge in [-0.1, -0.05) is 0 Å². The van der Waals surface area contributed by atoms with Crippen LogP contribution in [0.1, 0.15) is 13.3 Å². The van der Waals surface area contributed by atoms with Crippen LogP contribution in [0.3, 0.4) is 0 Å². The third-order valence-electron chi connectivity index (χ3n) is 1.06. The molecular weight excluding hydrogens is 299 g/mol. The first-order valence-corrected chi connectivity index (χ1v) is 16.2. The summed E-state index contributed by atoms with van der Waals surface area (Å²) in [5.74, 6) is 0. The maximum atomic E-state index is 5.73. The minimum atomic E-state index is -2.97. The first kappa shape index (κ1) is 11.6. The molecule has 0 saturated carbocycles. The predicted molar refractivity (Wildman–Crippen MR) is 51.3 cm³/mol. The SMILES string of the molecule is CCNCC[CH2][Sn]([Cl])([Cl])[Cl]. The Balaban J connectivity index is 3.04. The first-order valence-electron chi connectivity index (χ1n) is 3.33. The number of nitrogens with one attached hydrogen (secondary N) is 1. The summed E-state index contributed by atoms with van der Waals surface area (Å²) in [6.07, 6.45) is 1.00. The molecule has 0 aromatic carbocycles. The molecule has 0 amide bonds.